The predicted octanol–water partition coefficient (Wildman–Crippen LogP) is 2.26. The highest BCUT2D eigenvalue weighted by atomic mass is 32.2. The van der Waals surface area contributed by atoms with Crippen molar-refractivity contribution in [2.75, 3.05) is 32.8 Å². The van der Waals surface area contributed by atoms with Gasteiger partial charge in [-0.2, -0.15) is 4.31 Å². The van der Waals surface area contributed by atoms with E-state index in [1.807, 2.05) is 19.1 Å². The summed E-state index contributed by atoms with van der Waals surface area (Å²) in [6.45, 7) is 6.62. The molecule has 3 atom stereocenters. The molecule has 138 valence electrons. The lowest BCUT2D eigenvalue weighted by atomic mass is 10.1. The summed E-state index contributed by atoms with van der Waals surface area (Å²) in [6, 6.07) is 7.19. The fourth-order valence-corrected chi connectivity index (χ4v) is 6.31. The van der Waals surface area contributed by atoms with Crippen LogP contribution in [0.2, 0.25) is 0 Å². The summed E-state index contributed by atoms with van der Waals surface area (Å²) in [4.78, 5) is 2.85. The van der Waals surface area contributed by atoms with Crippen LogP contribution in [0.1, 0.15) is 31.2 Å². The van der Waals surface area contributed by atoms with E-state index in [1.54, 1.807) is 16.4 Å². The number of aryl methyl sites for hydroxylation is 1. The molecule has 1 aromatic rings. The Labute approximate surface area is 151 Å². The number of benzene rings is 1. The normalized spacial score (nSPS) is 30.4. The number of sulfonamides is 1. The van der Waals surface area contributed by atoms with Gasteiger partial charge in [0.1, 0.15) is 0 Å². The van der Waals surface area contributed by atoms with Gasteiger partial charge >= 0.3 is 0 Å². The van der Waals surface area contributed by atoms with Gasteiger partial charge in [0.15, 0.2) is 0 Å². The number of likely N-dealkylation sites (tertiary alicyclic amines) is 1. The van der Waals surface area contributed by atoms with Gasteiger partial charge in [0.05, 0.1) is 23.6 Å². The first-order valence-electron chi connectivity index (χ1n) is 9.48. The van der Waals surface area contributed by atoms with Gasteiger partial charge in [0.2, 0.25) is 10.0 Å². The van der Waals surface area contributed by atoms with Crippen LogP contribution in [0.5, 0.6) is 0 Å². The molecule has 3 fully saturated rings. The van der Waals surface area contributed by atoms with Crippen molar-refractivity contribution in [3.63, 3.8) is 0 Å². The molecule has 0 radical (unpaired) electrons. The average Bonchev–Trinajstić information content (AvgIpc) is 3.32. The molecular weight excluding hydrogens is 336 g/mol. The maximum Gasteiger partial charge on any atom is 0.243 e. The molecule has 2 aliphatic heterocycles. The minimum atomic E-state index is -3.42. The van der Waals surface area contributed by atoms with E-state index in [4.69, 9.17) is 4.74 Å². The van der Waals surface area contributed by atoms with E-state index >= 15 is 0 Å². The lowest BCUT2D eigenvalue weighted by Crippen LogP contribution is -2.40. The Morgan fingerprint density at radius 3 is 2.56 bits per heavy atom. The lowest BCUT2D eigenvalue weighted by Gasteiger charge is -2.26. The van der Waals surface area contributed by atoms with Gasteiger partial charge in [0, 0.05) is 19.0 Å². The number of hydrogen-bond acceptors (Lipinski definition) is 4. The highest BCUT2D eigenvalue weighted by molar-refractivity contribution is 7.89. The van der Waals surface area contributed by atoms with Crippen LogP contribution >= 0.6 is 0 Å². The van der Waals surface area contributed by atoms with Crippen LogP contribution in [-0.2, 0) is 14.8 Å². The first kappa shape index (κ1) is 17.5. The molecule has 4 rings (SSSR count). The second-order valence-electron chi connectivity index (χ2n) is 7.68. The van der Waals surface area contributed by atoms with Gasteiger partial charge < -0.3 is 9.64 Å². The van der Waals surface area contributed by atoms with Crippen molar-refractivity contribution in [1.29, 1.82) is 0 Å². The summed E-state index contributed by atoms with van der Waals surface area (Å²) in [5, 5.41) is 0. The van der Waals surface area contributed by atoms with Crippen LogP contribution in [0.25, 0.3) is 0 Å². The summed E-state index contributed by atoms with van der Waals surface area (Å²) in [5.74, 6) is 0.351. The van der Waals surface area contributed by atoms with Crippen molar-refractivity contribution in [3.05, 3.63) is 29.8 Å². The van der Waals surface area contributed by atoms with E-state index in [2.05, 4.69) is 4.90 Å². The summed E-state index contributed by atoms with van der Waals surface area (Å²) in [7, 11) is -3.42. The molecular formula is C19H28N2O3S. The third kappa shape index (κ3) is 3.37. The van der Waals surface area contributed by atoms with Crippen molar-refractivity contribution < 1.29 is 13.2 Å². The quantitative estimate of drug-likeness (QED) is 0.777. The number of ether oxygens (including phenoxy) is 1. The summed E-state index contributed by atoms with van der Waals surface area (Å²) < 4.78 is 33.9. The Bertz CT molecular complexity index is 698. The van der Waals surface area contributed by atoms with E-state index in [0.29, 0.717) is 17.4 Å². The van der Waals surface area contributed by atoms with E-state index in [1.165, 1.54) is 25.9 Å². The minimum absolute atomic E-state index is 0.00915. The maximum atomic E-state index is 13.0. The van der Waals surface area contributed by atoms with Crippen LogP contribution in [0.4, 0.5) is 0 Å². The van der Waals surface area contributed by atoms with Gasteiger partial charge in [0.25, 0.3) is 0 Å². The number of rotatable bonds is 6. The lowest BCUT2D eigenvalue weighted by molar-refractivity contribution is 0.0234. The molecule has 0 N–H and O–H groups in total. The second kappa shape index (κ2) is 6.99. The molecule has 2 heterocycles. The molecule has 25 heavy (non-hydrogen) atoms. The van der Waals surface area contributed by atoms with Gasteiger partial charge in [-0.15, -0.1) is 0 Å². The molecule has 2 bridgehead atoms. The van der Waals surface area contributed by atoms with E-state index in [-0.39, 0.29) is 12.1 Å². The average molecular weight is 365 g/mol. The van der Waals surface area contributed by atoms with E-state index in [9.17, 15) is 8.42 Å². The van der Waals surface area contributed by atoms with Gasteiger partial charge in [-0.05, 0) is 57.8 Å². The zero-order chi connectivity index (χ0) is 17.4. The molecule has 1 aromatic carbocycles. The summed E-state index contributed by atoms with van der Waals surface area (Å²) in [6.07, 6.45) is 4.65. The predicted molar refractivity (Wildman–Crippen MR) is 97.0 cm³/mol. The molecule has 1 saturated carbocycles. The zero-order valence-corrected chi connectivity index (χ0v) is 15.7. The number of nitrogens with zero attached hydrogens (tertiary/aromatic N) is 2. The van der Waals surface area contributed by atoms with Crippen molar-refractivity contribution in [1.82, 2.24) is 9.21 Å². The molecule has 1 aliphatic carbocycles. The largest absolute Gasteiger partial charge is 0.375 e. The Morgan fingerprint density at radius 1 is 1.12 bits per heavy atom. The number of hydrogen-bond donors (Lipinski definition) is 0. The topological polar surface area (TPSA) is 49.9 Å². The smallest absolute Gasteiger partial charge is 0.243 e. The molecule has 5 nitrogen and oxygen atoms in total. The first-order valence-corrected chi connectivity index (χ1v) is 10.9. The third-order valence-corrected chi connectivity index (χ3v) is 7.91. The van der Waals surface area contributed by atoms with Gasteiger partial charge in [-0.25, -0.2) is 8.42 Å². The molecule has 0 spiro atoms. The highest BCUT2D eigenvalue weighted by Crippen LogP contribution is 2.42. The van der Waals surface area contributed by atoms with Crippen molar-refractivity contribution in [2.24, 2.45) is 5.92 Å². The molecule has 2 saturated heterocycles. The van der Waals surface area contributed by atoms with Crippen molar-refractivity contribution in [2.45, 2.75) is 49.6 Å². The Kier molecular flexibility index (Phi) is 4.88. The highest BCUT2D eigenvalue weighted by Gasteiger charge is 2.52. The van der Waals surface area contributed by atoms with Crippen molar-refractivity contribution >= 4 is 10.0 Å². The second-order valence-corrected chi connectivity index (χ2v) is 9.57. The SMILES string of the molecule is Cc1ccc(S(=O)(=O)N2CC3CCC2C3OCCN2CCCC2)cc1. The maximum absolute atomic E-state index is 13.0. The zero-order valence-electron chi connectivity index (χ0n) is 14.9. The monoisotopic (exact) mass is 364 g/mol. The van der Waals surface area contributed by atoms with Crippen LogP contribution < -0.4 is 0 Å². The molecule has 3 unspecified atom stereocenters. The number of fused-ring (bicyclic) bond motifs is 2. The van der Waals surface area contributed by atoms with Gasteiger partial charge in [-0.1, -0.05) is 17.7 Å². The number of piperidine rings is 1. The van der Waals surface area contributed by atoms with Crippen LogP contribution in [0.3, 0.4) is 0 Å². The fourth-order valence-electron chi connectivity index (χ4n) is 4.59. The van der Waals surface area contributed by atoms with Crippen LogP contribution in [-0.4, -0.2) is 62.6 Å². The summed E-state index contributed by atoms with van der Waals surface area (Å²) >= 11 is 0. The Hall–Kier alpha value is -0.950. The summed E-state index contributed by atoms with van der Waals surface area (Å²) in [5.41, 5.74) is 1.07. The fraction of sp³-hybridized carbons (Fsp3) is 0.684. The van der Waals surface area contributed by atoms with E-state index < -0.39 is 10.0 Å². The molecule has 3 aliphatic rings. The minimum Gasteiger partial charge on any atom is -0.375 e. The van der Waals surface area contributed by atoms with E-state index in [0.717, 1.165) is 31.6 Å². The third-order valence-electron chi connectivity index (χ3n) is 6.01. The first-order chi connectivity index (χ1) is 12.1. The van der Waals surface area contributed by atoms with Gasteiger partial charge in [-0.3, -0.25) is 0 Å². The van der Waals surface area contributed by atoms with Crippen molar-refractivity contribution in [3.8, 4) is 0 Å². The molecule has 0 aromatic heterocycles. The Morgan fingerprint density at radius 2 is 1.84 bits per heavy atom. The van der Waals surface area contributed by atoms with Crippen LogP contribution in [0, 0.1) is 12.8 Å². The Balaban J connectivity index is 1.41. The standard InChI is InChI=1S/C19H28N2O3S/c1-15-4-7-17(8-5-15)25(22,23)21-14-16-6-9-18(21)19(16)24-13-12-20-10-2-3-11-20/h4-5,7-8,16,18-19H,2-3,6,9-14H2,1H3. The molecule has 6 heteroatoms. The van der Waals surface area contributed by atoms with Crippen LogP contribution in [0.15, 0.2) is 29.2 Å². The molecule has 0 amide bonds.